The van der Waals surface area contributed by atoms with Crippen LogP contribution in [0, 0.1) is 0 Å². The summed E-state index contributed by atoms with van der Waals surface area (Å²) in [6.07, 6.45) is 0. The number of hydrogen-bond donors (Lipinski definition) is 0. The van der Waals surface area contributed by atoms with Gasteiger partial charge in [0.15, 0.2) is 17.5 Å². The van der Waals surface area contributed by atoms with Crippen LogP contribution >= 0.6 is 11.3 Å². The van der Waals surface area contributed by atoms with Crippen LogP contribution in [0.2, 0.25) is 0 Å². The highest BCUT2D eigenvalue weighted by atomic mass is 32.1. The number of rotatable bonds is 6. The fourth-order valence-electron chi connectivity index (χ4n) is 7.21. The first-order valence-corrected chi connectivity index (χ1v) is 18.6. The maximum Gasteiger partial charge on any atom is 0.164 e. The molecule has 2 heterocycles. The Kier molecular flexibility index (Phi) is 7.67. The summed E-state index contributed by atoms with van der Waals surface area (Å²) in [5.74, 6) is 1.94. The van der Waals surface area contributed by atoms with E-state index in [0.717, 1.165) is 27.8 Å². The molecule has 0 fully saturated rings. The van der Waals surface area contributed by atoms with Crippen LogP contribution in [0.4, 0.5) is 0 Å². The normalized spacial score (nSPS) is 11.4. The van der Waals surface area contributed by atoms with Gasteiger partial charge in [-0.05, 0) is 62.4 Å². The molecule has 0 radical (unpaired) electrons. The van der Waals surface area contributed by atoms with Crippen LogP contribution in [0.3, 0.4) is 0 Å². The zero-order valence-electron chi connectivity index (χ0n) is 28.6. The van der Waals surface area contributed by atoms with E-state index in [4.69, 9.17) is 15.0 Å². The third kappa shape index (κ3) is 5.85. The van der Waals surface area contributed by atoms with Gasteiger partial charge in [0, 0.05) is 36.9 Å². The van der Waals surface area contributed by atoms with Crippen LogP contribution in [0.25, 0.3) is 98.5 Å². The van der Waals surface area contributed by atoms with Crippen LogP contribution in [-0.2, 0) is 0 Å². The SMILES string of the molecule is c1ccc(-c2nc(-c3ccc(-c4ccc5ccccc5c4)cc3)nc(-c3ccc(-c4ccc5c(c4)sc4cccc(-c6ccccc6)c45)cc3)n2)cc1. The van der Waals surface area contributed by atoms with E-state index in [1.807, 2.05) is 41.7 Å². The van der Waals surface area contributed by atoms with Crippen molar-refractivity contribution in [3.05, 3.63) is 188 Å². The van der Waals surface area contributed by atoms with Gasteiger partial charge in [-0.15, -0.1) is 11.3 Å². The first-order valence-electron chi connectivity index (χ1n) is 17.8. The molecule has 0 unspecified atom stereocenters. The molecular formula is C49H31N3S. The highest BCUT2D eigenvalue weighted by Crippen LogP contribution is 2.41. The summed E-state index contributed by atoms with van der Waals surface area (Å²) in [6.45, 7) is 0. The van der Waals surface area contributed by atoms with Crippen LogP contribution < -0.4 is 0 Å². The second-order valence-corrected chi connectivity index (χ2v) is 14.3. The molecule has 8 aromatic carbocycles. The van der Waals surface area contributed by atoms with Crippen LogP contribution in [0.1, 0.15) is 0 Å². The van der Waals surface area contributed by atoms with Gasteiger partial charge in [0.2, 0.25) is 0 Å². The van der Waals surface area contributed by atoms with E-state index in [0.29, 0.717) is 17.5 Å². The molecule has 0 amide bonds. The molecule has 53 heavy (non-hydrogen) atoms. The van der Waals surface area contributed by atoms with E-state index >= 15 is 0 Å². The summed E-state index contributed by atoms with van der Waals surface area (Å²) in [6, 6.07) is 66.4. The fourth-order valence-corrected chi connectivity index (χ4v) is 8.38. The molecular weight excluding hydrogens is 663 g/mol. The minimum atomic E-state index is 0.646. The quantitative estimate of drug-likeness (QED) is 0.174. The largest absolute Gasteiger partial charge is 0.208 e. The standard InChI is InChI=1S/C49H31N3S/c1-3-11-35(12-4-1)42-16-9-17-44-46(42)43-29-28-41(31-45(43)53-44)34-20-25-38(26-21-34)49-51-47(36-13-5-2-6-14-36)50-48(52-49)37-23-18-33(19-24-37)40-27-22-32-10-7-8-15-39(32)30-40/h1-31H. The molecule has 10 aromatic rings. The minimum Gasteiger partial charge on any atom is -0.208 e. The zero-order valence-corrected chi connectivity index (χ0v) is 29.5. The molecule has 4 heteroatoms. The molecule has 0 saturated carbocycles. The molecule has 0 N–H and O–H groups in total. The van der Waals surface area contributed by atoms with Crippen LogP contribution in [0.5, 0.6) is 0 Å². The van der Waals surface area contributed by atoms with Crippen molar-refractivity contribution in [1.29, 1.82) is 0 Å². The molecule has 248 valence electrons. The Bertz CT molecular complexity index is 2910. The Labute approximate surface area is 311 Å². The molecule has 0 saturated heterocycles. The maximum atomic E-state index is 5.02. The summed E-state index contributed by atoms with van der Waals surface area (Å²) < 4.78 is 2.59. The number of hydrogen-bond acceptors (Lipinski definition) is 4. The van der Waals surface area contributed by atoms with Crippen molar-refractivity contribution in [3.8, 4) is 67.5 Å². The number of nitrogens with zero attached hydrogens (tertiary/aromatic N) is 3. The molecule has 2 aromatic heterocycles. The van der Waals surface area contributed by atoms with Crippen molar-refractivity contribution in [2.24, 2.45) is 0 Å². The Morgan fingerprint density at radius 2 is 0.792 bits per heavy atom. The second kappa shape index (κ2) is 13.1. The molecule has 0 aliphatic heterocycles. The van der Waals surface area contributed by atoms with E-state index in [1.54, 1.807) is 0 Å². The van der Waals surface area contributed by atoms with E-state index in [1.165, 1.54) is 53.2 Å². The Morgan fingerprint density at radius 1 is 0.302 bits per heavy atom. The van der Waals surface area contributed by atoms with Gasteiger partial charge < -0.3 is 0 Å². The van der Waals surface area contributed by atoms with Crippen molar-refractivity contribution >= 4 is 42.3 Å². The van der Waals surface area contributed by atoms with Crippen LogP contribution in [0.15, 0.2) is 188 Å². The Hall–Kier alpha value is -6.75. The van der Waals surface area contributed by atoms with Crippen molar-refractivity contribution < 1.29 is 0 Å². The predicted octanol–water partition coefficient (Wildman–Crippen LogP) is 13.4. The lowest BCUT2D eigenvalue weighted by molar-refractivity contribution is 1.07. The van der Waals surface area contributed by atoms with E-state index in [-0.39, 0.29) is 0 Å². The number of thiophene rings is 1. The van der Waals surface area contributed by atoms with E-state index in [2.05, 4.69) is 158 Å². The number of aromatic nitrogens is 3. The van der Waals surface area contributed by atoms with Crippen molar-refractivity contribution in [2.75, 3.05) is 0 Å². The summed E-state index contributed by atoms with van der Waals surface area (Å²) in [7, 11) is 0. The van der Waals surface area contributed by atoms with Crippen molar-refractivity contribution in [1.82, 2.24) is 15.0 Å². The topological polar surface area (TPSA) is 38.7 Å². The van der Waals surface area contributed by atoms with Gasteiger partial charge in [-0.25, -0.2) is 15.0 Å². The fraction of sp³-hybridized carbons (Fsp3) is 0. The van der Waals surface area contributed by atoms with Gasteiger partial charge in [-0.1, -0.05) is 170 Å². The van der Waals surface area contributed by atoms with Crippen molar-refractivity contribution in [3.63, 3.8) is 0 Å². The lowest BCUT2D eigenvalue weighted by atomic mass is 9.98. The number of fused-ring (bicyclic) bond motifs is 4. The highest BCUT2D eigenvalue weighted by molar-refractivity contribution is 7.26. The minimum absolute atomic E-state index is 0.646. The van der Waals surface area contributed by atoms with Crippen LogP contribution in [-0.4, -0.2) is 15.0 Å². The molecule has 0 aliphatic carbocycles. The molecule has 0 aliphatic rings. The summed E-state index contributed by atoms with van der Waals surface area (Å²) >= 11 is 1.85. The van der Waals surface area contributed by atoms with Gasteiger partial charge in [-0.3, -0.25) is 0 Å². The third-order valence-electron chi connectivity index (χ3n) is 9.95. The lowest BCUT2D eigenvalue weighted by Crippen LogP contribution is -2.00. The molecule has 0 atom stereocenters. The zero-order chi connectivity index (χ0) is 35.1. The van der Waals surface area contributed by atoms with Gasteiger partial charge in [0.05, 0.1) is 0 Å². The van der Waals surface area contributed by atoms with Gasteiger partial charge in [0.1, 0.15) is 0 Å². The van der Waals surface area contributed by atoms with Gasteiger partial charge in [0.25, 0.3) is 0 Å². The van der Waals surface area contributed by atoms with Gasteiger partial charge >= 0.3 is 0 Å². The Balaban J connectivity index is 0.994. The molecule has 0 bridgehead atoms. The summed E-state index contributed by atoms with van der Waals surface area (Å²) in [4.78, 5) is 15.0. The van der Waals surface area contributed by atoms with Gasteiger partial charge in [-0.2, -0.15) is 0 Å². The first-order chi connectivity index (χ1) is 26.2. The summed E-state index contributed by atoms with van der Waals surface area (Å²) in [5, 5.41) is 5.08. The lowest BCUT2D eigenvalue weighted by Gasteiger charge is -2.10. The smallest absolute Gasteiger partial charge is 0.164 e. The number of benzene rings is 8. The molecule has 3 nitrogen and oxygen atoms in total. The average Bonchev–Trinajstić information content (AvgIpc) is 3.62. The average molecular weight is 694 g/mol. The van der Waals surface area contributed by atoms with E-state index in [9.17, 15) is 0 Å². The highest BCUT2D eigenvalue weighted by Gasteiger charge is 2.15. The van der Waals surface area contributed by atoms with Crippen molar-refractivity contribution in [2.45, 2.75) is 0 Å². The summed E-state index contributed by atoms with van der Waals surface area (Å²) in [5.41, 5.74) is 10.0. The Morgan fingerprint density at radius 3 is 1.43 bits per heavy atom. The molecule has 10 rings (SSSR count). The monoisotopic (exact) mass is 693 g/mol. The maximum absolute atomic E-state index is 5.02. The molecule has 0 spiro atoms. The first kappa shape index (κ1) is 31.0. The third-order valence-corrected chi connectivity index (χ3v) is 11.1. The second-order valence-electron chi connectivity index (χ2n) is 13.2. The predicted molar refractivity (Wildman–Crippen MR) is 223 cm³/mol. The van der Waals surface area contributed by atoms with E-state index < -0.39 is 0 Å².